The first-order valence-electron chi connectivity index (χ1n) is 9.56. The number of pyridine rings is 1. The molecule has 4 aliphatic carbocycles. The molecule has 2 aromatic heterocycles. The van der Waals surface area contributed by atoms with Crippen LogP contribution in [0.15, 0.2) is 34.2 Å². The predicted octanol–water partition coefficient (Wildman–Crippen LogP) is 4.40. The number of ketones is 1. The lowest BCUT2D eigenvalue weighted by Crippen LogP contribution is -2.51. The smallest absolute Gasteiger partial charge is 0.277 e. The number of aromatic nitrogens is 3. The van der Waals surface area contributed by atoms with Crippen LogP contribution in [-0.4, -0.2) is 26.2 Å². The third-order valence-electron chi connectivity index (χ3n) is 6.54. The van der Waals surface area contributed by atoms with Gasteiger partial charge in [0.25, 0.3) is 5.22 Å². The van der Waals surface area contributed by atoms with Gasteiger partial charge >= 0.3 is 0 Å². The first kappa shape index (κ1) is 16.5. The van der Waals surface area contributed by atoms with Gasteiger partial charge < -0.3 is 4.42 Å². The van der Waals surface area contributed by atoms with E-state index in [2.05, 4.69) is 15.2 Å². The van der Waals surface area contributed by atoms with Crippen LogP contribution in [-0.2, 0) is 4.79 Å². The Bertz CT molecular complexity index is 784. The summed E-state index contributed by atoms with van der Waals surface area (Å²) >= 11 is 1.41. The molecule has 26 heavy (non-hydrogen) atoms. The van der Waals surface area contributed by atoms with Gasteiger partial charge in [0.1, 0.15) is 0 Å². The van der Waals surface area contributed by atoms with Crippen LogP contribution in [0.3, 0.4) is 0 Å². The fourth-order valence-electron chi connectivity index (χ4n) is 5.92. The van der Waals surface area contributed by atoms with Crippen LogP contribution in [0.5, 0.6) is 0 Å². The molecule has 0 N–H and O–H groups in total. The van der Waals surface area contributed by atoms with E-state index < -0.39 is 0 Å². The van der Waals surface area contributed by atoms with Crippen LogP contribution in [0.4, 0.5) is 0 Å². The van der Waals surface area contributed by atoms with Crippen molar-refractivity contribution in [1.29, 1.82) is 0 Å². The van der Waals surface area contributed by atoms with Crippen LogP contribution in [0.1, 0.15) is 45.4 Å². The molecule has 1 atom stereocenters. The number of carbonyl (C=O) groups excluding carboxylic acids is 1. The quantitative estimate of drug-likeness (QED) is 0.728. The van der Waals surface area contributed by atoms with Gasteiger partial charge in [-0.15, -0.1) is 10.2 Å². The van der Waals surface area contributed by atoms with E-state index in [9.17, 15) is 4.79 Å². The fraction of sp³-hybridized carbons (Fsp3) is 0.600. The Labute approximate surface area is 157 Å². The average Bonchev–Trinajstić information content (AvgIpc) is 3.09. The second kappa shape index (κ2) is 6.19. The molecule has 2 aromatic rings. The second-order valence-electron chi connectivity index (χ2n) is 8.43. The molecule has 4 fully saturated rings. The van der Waals surface area contributed by atoms with Gasteiger partial charge in [0.2, 0.25) is 5.89 Å². The molecule has 0 amide bonds. The molecule has 4 aliphatic rings. The van der Waals surface area contributed by atoms with Crippen molar-refractivity contribution in [2.24, 2.45) is 23.2 Å². The maximum atomic E-state index is 13.4. The minimum Gasteiger partial charge on any atom is -0.411 e. The summed E-state index contributed by atoms with van der Waals surface area (Å²) in [4.78, 5) is 17.4. The Hall–Kier alpha value is -1.69. The predicted molar refractivity (Wildman–Crippen MR) is 98.5 cm³/mol. The van der Waals surface area contributed by atoms with Crippen molar-refractivity contribution >= 4 is 17.5 Å². The average molecular weight is 369 g/mol. The Balaban J connectivity index is 1.31. The molecule has 0 aromatic carbocycles. The summed E-state index contributed by atoms with van der Waals surface area (Å²) in [5.74, 6) is 3.23. The van der Waals surface area contributed by atoms with E-state index in [4.69, 9.17) is 4.42 Å². The van der Waals surface area contributed by atoms with Crippen LogP contribution in [0, 0.1) is 23.2 Å². The summed E-state index contributed by atoms with van der Waals surface area (Å²) in [6, 6.07) is 3.68. The van der Waals surface area contributed by atoms with E-state index in [-0.39, 0.29) is 10.7 Å². The van der Waals surface area contributed by atoms with Gasteiger partial charge in [-0.25, -0.2) is 0 Å². The van der Waals surface area contributed by atoms with Gasteiger partial charge in [0.05, 0.1) is 5.25 Å². The summed E-state index contributed by atoms with van der Waals surface area (Å²) < 4.78 is 5.77. The van der Waals surface area contributed by atoms with E-state index in [1.54, 1.807) is 12.4 Å². The summed E-state index contributed by atoms with van der Waals surface area (Å²) in [7, 11) is 0. The minimum atomic E-state index is -0.142. The maximum absolute atomic E-state index is 13.4. The molecule has 136 valence electrons. The van der Waals surface area contributed by atoms with Gasteiger partial charge in [-0.3, -0.25) is 9.78 Å². The lowest BCUT2D eigenvalue weighted by atomic mass is 9.48. The largest absolute Gasteiger partial charge is 0.411 e. The Morgan fingerprint density at radius 2 is 1.73 bits per heavy atom. The zero-order chi connectivity index (χ0) is 17.7. The number of hydrogen-bond donors (Lipinski definition) is 0. The van der Waals surface area contributed by atoms with Crippen LogP contribution >= 0.6 is 11.8 Å². The fourth-order valence-corrected chi connectivity index (χ4v) is 6.79. The molecular weight excluding hydrogens is 346 g/mol. The van der Waals surface area contributed by atoms with Crippen LogP contribution in [0.25, 0.3) is 11.5 Å². The highest BCUT2D eigenvalue weighted by Crippen LogP contribution is 2.61. The molecule has 0 aliphatic heterocycles. The zero-order valence-electron chi connectivity index (χ0n) is 14.9. The summed E-state index contributed by atoms with van der Waals surface area (Å²) in [5.41, 5.74) is 0.772. The van der Waals surface area contributed by atoms with Crippen LogP contribution in [0.2, 0.25) is 0 Å². The van der Waals surface area contributed by atoms with Crippen molar-refractivity contribution in [1.82, 2.24) is 15.2 Å². The van der Waals surface area contributed by atoms with Gasteiger partial charge in [0, 0.05) is 23.4 Å². The number of carbonyl (C=O) groups is 1. The third-order valence-corrected chi connectivity index (χ3v) is 7.48. The molecule has 6 heteroatoms. The summed E-state index contributed by atoms with van der Waals surface area (Å²) in [6.45, 7) is 2.00. The number of hydrogen-bond acceptors (Lipinski definition) is 6. The van der Waals surface area contributed by atoms with Crippen molar-refractivity contribution < 1.29 is 9.21 Å². The Morgan fingerprint density at radius 3 is 2.35 bits per heavy atom. The standard InChI is InChI=1S/C20H23N3O2S/c1-12(26-19-23-22-18(25-19)16-2-4-21-5-3-16)17(24)20-9-13-6-14(10-20)8-15(7-13)11-20/h2-5,12-15H,6-11H2,1H3/t12-,13?,14?,15?,20?/m0/s1. The van der Waals surface area contributed by atoms with Crippen molar-refractivity contribution in [3.05, 3.63) is 24.5 Å². The lowest BCUT2D eigenvalue weighted by Gasteiger charge is -2.56. The third kappa shape index (κ3) is 2.79. The highest BCUT2D eigenvalue weighted by atomic mass is 32.2. The number of nitrogens with zero attached hydrogens (tertiary/aromatic N) is 3. The monoisotopic (exact) mass is 369 g/mol. The first-order chi connectivity index (χ1) is 12.6. The van der Waals surface area contributed by atoms with E-state index in [1.807, 2.05) is 19.1 Å². The molecule has 4 saturated carbocycles. The number of thioether (sulfide) groups is 1. The van der Waals surface area contributed by atoms with E-state index in [0.29, 0.717) is 16.9 Å². The van der Waals surface area contributed by atoms with E-state index in [1.165, 1.54) is 31.0 Å². The lowest BCUT2D eigenvalue weighted by molar-refractivity contribution is -0.143. The second-order valence-corrected chi connectivity index (χ2v) is 9.72. The first-order valence-corrected chi connectivity index (χ1v) is 10.4. The van der Waals surface area contributed by atoms with Gasteiger partial charge in [-0.2, -0.15) is 0 Å². The maximum Gasteiger partial charge on any atom is 0.277 e. The topological polar surface area (TPSA) is 68.9 Å². The molecule has 5 nitrogen and oxygen atoms in total. The highest BCUT2D eigenvalue weighted by Gasteiger charge is 2.55. The van der Waals surface area contributed by atoms with Crippen molar-refractivity contribution in [3.63, 3.8) is 0 Å². The molecule has 0 spiro atoms. The van der Waals surface area contributed by atoms with Gasteiger partial charge in [0.15, 0.2) is 5.78 Å². The molecule has 2 heterocycles. The van der Waals surface area contributed by atoms with Crippen molar-refractivity contribution in [2.75, 3.05) is 0 Å². The van der Waals surface area contributed by atoms with Gasteiger partial charge in [-0.05, 0) is 75.3 Å². The van der Waals surface area contributed by atoms with Gasteiger partial charge in [-0.1, -0.05) is 11.8 Å². The number of Topliss-reactive ketones (excluding diaryl/α,β-unsaturated/α-hetero) is 1. The van der Waals surface area contributed by atoms with Crippen molar-refractivity contribution in [2.45, 2.75) is 55.9 Å². The summed E-state index contributed by atoms with van der Waals surface area (Å²) in [6.07, 6.45) is 10.8. The number of rotatable bonds is 5. The minimum absolute atomic E-state index is 0.0743. The molecule has 4 bridgehead atoms. The highest BCUT2D eigenvalue weighted by molar-refractivity contribution is 8.00. The summed E-state index contributed by atoms with van der Waals surface area (Å²) in [5, 5.41) is 8.58. The Morgan fingerprint density at radius 1 is 1.12 bits per heavy atom. The molecule has 0 unspecified atom stereocenters. The molecule has 6 rings (SSSR count). The van der Waals surface area contributed by atoms with E-state index in [0.717, 1.165) is 42.6 Å². The molecular formula is C20H23N3O2S. The normalized spacial score (nSPS) is 33.3. The molecule has 0 saturated heterocycles. The molecule has 0 radical (unpaired) electrons. The van der Waals surface area contributed by atoms with Crippen LogP contribution < -0.4 is 0 Å². The van der Waals surface area contributed by atoms with E-state index >= 15 is 0 Å². The Kier molecular flexibility index (Phi) is 3.92. The zero-order valence-corrected chi connectivity index (χ0v) is 15.7. The SMILES string of the molecule is C[C@H](Sc1nnc(-c2ccncc2)o1)C(=O)C12CC3CC(CC(C3)C1)C2. The van der Waals surface area contributed by atoms with Crippen molar-refractivity contribution in [3.8, 4) is 11.5 Å².